The molecule has 0 amide bonds. The highest BCUT2D eigenvalue weighted by Gasteiger charge is 2.20. The van der Waals surface area contributed by atoms with Crippen molar-refractivity contribution >= 4 is 17.2 Å². The third kappa shape index (κ3) is 4.77. The van der Waals surface area contributed by atoms with Crippen molar-refractivity contribution in [3.8, 4) is 5.88 Å². The summed E-state index contributed by atoms with van der Waals surface area (Å²) in [7, 11) is 4.13. The predicted molar refractivity (Wildman–Crippen MR) is 107 cm³/mol. The van der Waals surface area contributed by atoms with Crippen molar-refractivity contribution in [1.29, 1.82) is 0 Å². The van der Waals surface area contributed by atoms with Crippen LogP contribution >= 0.6 is 0 Å². The molecule has 0 atom stereocenters. The number of nitrogens with zero attached hydrogens (tertiary/aromatic N) is 4. The Labute approximate surface area is 156 Å². The zero-order valence-electron chi connectivity index (χ0n) is 16.1. The number of piperidine rings is 1. The van der Waals surface area contributed by atoms with E-state index in [9.17, 15) is 0 Å². The molecule has 1 fully saturated rings. The monoisotopic (exact) mass is 355 g/mol. The molecule has 1 aliphatic rings. The lowest BCUT2D eigenvalue weighted by Gasteiger charge is -2.34. The molecule has 0 bridgehead atoms. The van der Waals surface area contributed by atoms with Crippen molar-refractivity contribution in [3.05, 3.63) is 36.7 Å². The molecule has 1 aromatic heterocycles. The summed E-state index contributed by atoms with van der Waals surface area (Å²) in [6.45, 7) is 6.05. The van der Waals surface area contributed by atoms with E-state index in [0.29, 0.717) is 11.9 Å². The SMILES string of the molecule is CC(C)Oc1cncc(NC2CCN(c3ccc(N(C)C)cc3)CC2)n1. The molecule has 0 saturated carbocycles. The van der Waals surface area contributed by atoms with Crippen molar-refractivity contribution in [2.75, 3.05) is 42.3 Å². The van der Waals surface area contributed by atoms with Gasteiger partial charge in [0, 0.05) is 44.6 Å². The van der Waals surface area contributed by atoms with Crippen LogP contribution in [0.5, 0.6) is 5.88 Å². The number of anilines is 3. The third-order valence-electron chi connectivity index (χ3n) is 4.55. The molecular formula is C20H29N5O. The van der Waals surface area contributed by atoms with Gasteiger partial charge < -0.3 is 19.9 Å². The van der Waals surface area contributed by atoms with Gasteiger partial charge in [0.25, 0.3) is 0 Å². The first-order chi connectivity index (χ1) is 12.5. The van der Waals surface area contributed by atoms with Crippen molar-refractivity contribution in [2.24, 2.45) is 0 Å². The van der Waals surface area contributed by atoms with Crippen LogP contribution in [0.15, 0.2) is 36.7 Å². The number of rotatable bonds is 6. The van der Waals surface area contributed by atoms with Gasteiger partial charge >= 0.3 is 0 Å². The molecule has 2 heterocycles. The maximum absolute atomic E-state index is 5.62. The molecule has 1 aliphatic heterocycles. The largest absolute Gasteiger partial charge is 0.474 e. The van der Waals surface area contributed by atoms with Gasteiger partial charge in [-0.3, -0.25) is 4.98 Å². The molecule has 1 aromatic carbocycles. The standard InChI is InChI=1S/C20H29N5O/c1-15(2)26-20-14-21-13-19(23-20)22-16-9-11-25(12-10-16)18-7-5-17(6-8-18)24(3)4/h5-8,13-16H,9-12H2,1-4H3,(H,22,23). The Morgan fingerprint density at radius 3 is 2.42 bits per heavy atom. The average Bonchev–Trinajstić information content (AvgIpc) is 2.62. The van der Waals surface area contributed by atoms with Crippen molar-refractivity contribution in [3.63, 3.8) is 0 Å². The Morgan fingerprint density at radius 2 is 1.81 bits per heavy atom. The van der Waals surface area contributed by atoms with Crippen LogP contribution in [-0.2, 0) is 0 Å². The molecule has 6 heteroatoms. The number of aromatic nitrogens is 2. The van der Waals surface area contributed by atoms with E-state index in [1.807, 2.05) is 13.8 Å². The fourth-order valence-corrected chi connectivity index (χ4v) is 3.17. The minimum Gasteiger partial charge on any atom is -0.474 e. The van der Waals surface area contributed by atoms with Gasteiger partial charge in [0.2, 0.25) is 5.88 Å². The molecule has 0 unspecified atom stereocenters. The lowest BCUT2D eigenvalue weighted by molar-refractivity contribution is 0.232. The second-order valence-electron chi connectivity index (χ2n) is 7.23. The Balaban J connectivity index is 1.54. The van der Waals surface area contributed by atoms with E-state index in [-0.39, 0.29) is 6.10 Å². The van der Waals surface area contributed by atoms with Crippen LogP contribution in [0, 0.1) is 0 Å². The van der Waals surface area contributed by atoms with Crippen LogP contribution < -0.4 is 19.9 Å². The van der Waals surface area contributed by atoms with E-state index >= 15 is 0 Å². The van der Waals surface area contributed by atoms with Crippen LogP contribution in [0.4, 0.5) is 17.2 Å². The number of hydrogen-bond acceptors (Lipinski definition) is 6. The summed E-state index contributed by atoms with van der Waals surface area (Å²) in [5.74, 6) is 1.36. The summed E-state index contributed by atoms with van der Waals surface area (Å²) in [4.78, 5) is 13.3. The van der Waals surface area contributed by atoms with Crippen molar-refractivity contribution in [2.45, 2.75) is 38.8 Å². The lowest BCUT2D eigenvalue weighted by atomic mass is 10.0. The molecule has 140 valence electrons. The van der Waals surface area contributed by atoms with Gasteiger partial charge in [0.15, 0.2) is 0 Å². The molecule has 26 heavy (non-hydrogen) atoms. The number of ether oxygens (including phenoxy) is 1. The summed E-state index contributed by atoms with van der Waals surface area (Å²) in [6, 6.07) is 9.18. The second-order valence-corrected chi connectivity index (χ2v) is 7.23. The smallest absolute Gasteiger partial charge is 0.234 e. The fraction of sp³-hybridized carbons (Fsp3) is 0.500. The number of nitrogens with one attached hydrogen (secondary N) is 1. The molecule has 6 nitrogen and oxygen atoms in total. The van der Waals surface area contributed by atoms with E-state index in [0.717, 1.165) is 31.7 Å². The van der Waals surface area contributed by atoms with Crippen LogP contribution in [0.25, 0.3) is 0 Å². The lowest BCUT2D eigenvalue weighted by Crippen LogP contribution is -2.39. The fourth-order valence-electron chi connectivity index (χ4n) is 3.17. The van der Waals surface area contributed by atoms with Crippen LogP contribution in [0.1, 0.15) is 26.7 Å². The molecule has 1 N–H and O–H groups in total. The van der Waals surface area contributed by atoms with Gasteiger partial charge in [-0.15, -0.1) is 0 Å². The van der Waals surface area contributed by atoms with Gasteiger partial charge in [-0.2, -0.15) is 4.98 Å². The molecule has 0 spiro atoms. The zero-order chi connectivity index (χ0) is 18.5. The predicted octanol–water partition coefficient (Wildman–Crippen LogP) is 3.41. The first-order valence-corrected chi connectivity index (χ1v) is 9.29. The quantitative estimate of drug-likeness (QED) is 0.857. The highest BCUT2D eigenvalue weighted by Crippen LogP contribution is 2.24. The summed E-state index contributed by atoms with van der Waals surface area (Å²) < 4.78 is 5.62. The van der Waals surface area contributed by atoms with Gasteiger partial charge in [-0.25, -0.2) is 0 Å². The summed E-state index contributed by atoms with van der Waals surface area (Å²) in [6.07, 6.45) is 5.67. The van der Waals surface area contributed by atoms with Crippen molar-refractivity contribution < 1.29 is 4.74 Å². The number of hydrogen-bond donors (Lipinski definition) is 1. The van der Waals surface area contributed by atoms with E-state index in [4.69, 9.17) is 4.74 Å². The Bertz CT molecular complexity index is 694. The van der Waals surface area contributed by atoms with E-state index < -0.39 is 0 Å². The molecule has 3 rings (SSSR count). The summed E-state index contributed by atoms with van der Waals surface area (Å²) in [5.41, 5.74) is 2.52. The maximum Gasteiger partial charge on any atom is 0.234 e. The topological polar surface area (TPSA) is 53.5 Å². The minimum absolute atomic E-state index is 0.0988. The highest BCUT2D eigenvalue weighted by atomic mass is 16.5. The molecular weight excluding hydrogens is 326 g/mol. The van der Waals surface area contributed by atoms with E-state index in [1.165, 1.54) is 11.4 Å². The maximum atomic E-state index is 5.62. The van der Waals surface area contributed by atoms with Gasteiger partial charge in [-0.05, 0) is 51.0 Å². The second kappa shape index (κ2) is 8.25. The van der Waals surface area contributed by atoms with E-state index in [1.54, 1.807) is 12.4 Å². The van der Waals surface area contributed by atoms with Gasteiger partial charge in [-0.1, -0.05) is 0 Å². The van der Waals surface area contributed by atoms with Crippen LogP contribution in [-0.4, -0.2) is 49.3 Å². The molecule has 1 saturated heterocycles. The Morgan fingerprint density at radius 1 is 1.12 bits per heavy atom. The Hall–Kier alpha value is -2.50. The van der Waals surface area contributed by atoms with Gasteiger partial charge in [0.1, 0.15) is 5.82 Å². The van der Waals surface area contributed by atoms with Crippen LogP contribution in [0.3, 0.4) is 0 Å². The molecule has 0 radical (unpaired) electrons. The summed E-state index contributed by atoms with van der Waals surface area (Å²) in [5, 5.41) is 3.50. The van der Waals surface area contributed by atoms with Gasteiger partial charge in [0.05, 0.1) is 18.5 Å². The van der Waals surface area contributed by atoms with E-state index in [2.05, 4.69) is 63.4 Å². The highest BCUT2D eigenvalue weighted by molar-refractivity contribution is 5.56. The summed E-state index contributed by atoms with van der Waals surface area (Å²) >= 11 is 0. The molecule has 0 aliphatic carbocycles. The Kier molecular flexibility index (Phi) is 5.81. The third-order valence-corrected chi connectivity index (χ3v) is 4.55. The minimum atomic E-state index is 0.0988. The first-order valence-electron chi connectivity index (χ1n) is 9.29. The average molecular weight is 355 g/mol. The first kappa shape index (κ1) is 18.3. The molecule has 2 aromatic rings. The zero-order valence-corrected chi connectivity index (χ0v) is 16.1. The number of benzene rings is 1. The van der Waals surface area contributed by atoms with Crippen LogP contribution in [0.2, 0.25) is 0 Å². The van der Waals surface area contributed by atoms with Crippen molar-refractivity contribution in [1.82, 2.24) is 9.97 Å². The normalized spacial score (nSPS) is 15.2.